The van der Waals surface area contributed by atoms with E-state index in [4.69, 9.17) is 10.5 Å². The van der Waals surface area contributed by atoms with Gasteiger partial charge in [0.25, 0.3) is 0 Å². The van der Waals surface area contributed by atoms with E-state index >= 15 is 0 Å². The first kappa shape index (κ1) is 10.6. The van der Waals surface area contributed by atoms with Crippen LogP contribution in [0.3, 0.4) is 0 Å². The van der Waals surface area contributed by atoms with Crippen molar-refractivity contribution in [3.63, 3.8) is 0 Å². The maximum absolute atomic E-state index is 5.81. The van der Waals surface area contributed by atoms with Crippen molar-refractivity contribution < 1.29 is 4.74 Å². The summed E-state index contributed by atoms with van der Waals surface area (Å²) in [5.74, 6) is 0.912. The van der Waals surface area contributed by atoms with E-state index in [0.29, 0.717) is 5.13 Å². The van der Waals surface area contributed by atoms with Crippen molar-refractivity contribution in [3.8, 4) is 17.0 Å². The molecule has 3 rings (SSSR count). The highest BCUT2D eigenvalue weighted by molar-refractivity contribution is 7.15. The van der Waals surface area contributed by atoms with Gasteiger partial charge in [-0.25, -0.2) is 4.98 Å². The molecule has 0 spiro atoms. The van der Waals surface area contributed by atoms with Crippen LogP contribution in [-0.2, 0) is 12.8 Å². The van der Waals surface area contributed by atoms with Crippen LogP contribution in [0, 0.1) is 0 Å². The molecule has 0 fully saturated rings. The van der Waals surface area contributed by atoms with E-state index in [1.54, 1.807) is 18.4 Å². The first-order valence-corrected chi connectivity index (χ1v) is 6.52. The summed E-state index contributed by atoms with van der Waals surface area (Å²) < 4.78 is 5.27. The summed E-state index contributed by atoms with van der Waals surface area (Å²) in [4.78, 5) is 5.78. The molecule has 1 aliphatic rings. The third-order valence-corrected chi connectivity index (χ3v) is 4.08. The Morgan fingerprint density at radius 3 is 3.06 bits per heavy atom. The number of nitrogens with zero attached hydrogens (tertiary/aromatic N) is 1. The number of hydrogen-bond donors (Lipinski definition) is 1. The van der Waals surface area contributed by atoms with Crippen molar-refractivity contribution >= 4 is 16.5 Å². The molecule has 1 aromatic heterocycles. The third-order valence-electron chi connectivity index (χ3n) is 3.13. The van der Waals surface area contributed by atoms with Gasteiger partial charge in [-0.05, 0) is 43.0 Å². The zero-order valence-electron chi connectivity index (χ0n) is 9.69. The van der Waals surface area contributed by atoms with Crippen molar-refractivity contribution in [2.24, 2.45) is 0 Å². The number of aromatic nitrogens is 1. The molecule has 1 aliphatic carbocycles. The van der Waals surface area contributed by atoms with E-state index < -0.39 is 0 Å². The van der Waals surface area contributed by atoms with Crippen molar-refractivity contribution in [3.05, 3.63) is 28.6 Å². The van der Waals surface area contributed by atoms with Gasteiger partial charge in [-0.3, -0.25) is 0 Å². The highest BCUT2D eigenvalue weighted by Gasteiger charge is 2.18. The molecule has 0 radical (unpaired) electrons. The minimum atomic E-state index is 0.665. The van der Waals surface area contributed by atoms with E-state index in [2.05, 4.69) is 17.1 Å². The Bertz CT molecular complexity index is 563. The zero-order chi connectivity index (χ0) is 11.8. The van der Waals surface area contributed by atoms with Gasteiger partial charge in [0.15, 0.2) is 5.13 Å². The standard InChI is InChI=1S/C13H14N2OS/c1-16-9-5-6-10-8(7-9)3-2-4-11-12(10)15-13(14)17-11/h5-7H,2-4H2,1H3,(H2,14,15). The first-order valence-electron chi connectivity index (χ1n) is 5.70. The van der Waals surface area contributed by atoms with E-state index in [1.165, 1.54) is 16.0 Å². The number of anilines is 1. The summed E-state index contributed by atoms with van der Waals surface area (Å²) in [7, 11) is 1.70. The average Bonchev–Trinajstić information content (AvgIpc) is 2.62. The van der Waals surface area contributed by atoms with Crippen LogP contribution in [0.1, 0.15) is 16.9 Å². The summed E-state index contributed by atoms with van der Waals surface area (Å²) >= 11 is 1.61. The lowest BCUT2D eigenvalue weighted by molar-refractivity contribution is 0.414. The second kappa shape index (κ2) is 4.04. The maximum Gasteiger partial charge on any atom is 0.180 e. The van der Waals surface area contributed by atoms with Crippen molar-refractivity contribution in [2.75, 3.05) is 12.8 Å². The molecule has 0 saturated heterocycles. The molecule has 0 bridgehead atoms. The number of rotatable bonds is 1. The maximum atomic E-state index is 5.81. The molecule has 88 valence electrons. The minimum absolute atomic E-state index is 0.665. The van der Waals surface area contributed by atoms with Gasteiger partial charge in [-0.15, -0.1) is 11.3 Å². The summed E-state index contributed by atoms with van der Waals surface area (Å²) in [5, 5.41) is 0.665. The molecule has 0 atom stereocenters. The molecule has 1 aromatic carbocycles. The predicted octanol–water partition coefficient (Wildman–Crippen LogP) is 2.89. The fourth-order valence-corrected chi connectivity index (χ4v) is 3.21. The number of thiazole rings is 1. The summed E-state index contributed by atoms with van der Waals surface area (Å²) in [6.45, 7) is 0. The predicted molar refractivity (Wildman–Crippen MR) is 70.5 cm³/mol. The van der Waals surface area contributed by atoms with E-state index in [1.807, 2.05) is 6.07 Å². The molecule has 4 heteroatoms. The number of benzene rings is 1. The van der Waals surface area contributed by atoms with Crippen LogP contribution in [0.25, 0.3) is 11.3 Å². The quantitative estimate of drug-likeness (QED) is 0.841. The van der Waals surface area contributed by atoms with E-state index in [0.717, 1.165) is 30.7 Å². The van der Waals surface area contributed by atoms with Crippen LogP contribution in [0.4, 0.5) is 5.13 Å². The topological polar surface area (TPSA) is 48.1 Å². The molecular weight excluding hydrogens is 232 g/mol. The van der Waals surface area contributed by atoms with Gasteiger partial charge in [0, 0.05) is 10.4 Å². The Kier molecular flexibility index (Phi) is 2.52. The lowest BCUT2D eigenvalue weighted by atomic mass is 10.0. The Morgan fingerprint density at radius 2 is 2.24 bits per heavy atom. The van der Waals surface area contributed by atoms with Crippen molar-refractivity contribution in [1.29, 1.82) is 0 Å². The van der Waals surface area contributed by atoms with Gasteiger partial charge < -0.3 is 10.5 Å². The van der Waals surface area contributed by atoms with E-state index in [9.17, 15) is 0 Å². The molecule has 0 saturated carbocycles. The molecule has 17 heavy (non-hydrogen) atoms. The number of nitrogen functional groups attached to an aromatic ring is 1. The molecule has 0 aliphatic heterocycles. The highest BCUT2D eigenvalue weighted by atomic mass is 32.1. The summed E-state index contributed by atoms with van der Waals surface area (Å²) in [6.07, 6.45) is 3.30. The Balaban J connectivity index is 2.18. The summed E-state index contributed by atoms with van der Waals surface area (Å²) in [5.41, 5.74) is 9.40. The van der Waals surface area contributed by atoms with Gasteiger partial charge in [-0.1, -0.05) is 0 Å². The summed E-state index contributed by atoms with van der Waals surface area (Å²) in [6, 6.07) is 6.20. The Hall–Kier alpha value is -1.55. The fraction of sp³-hybridized carbons (Fsp3) is 0.308. The van der Waals surface area contributed by atoms with Crippen molar-refractivity contribution in [2.45, 2.75) is 19.3 Å². The molecule has 3 nitrogen and oxygen atoms in total. The largest absolute Gasteiger partial charge is 0.497 e. The third kappa shape index (κ3) is 1.78. The number of hydrogen-bond acceptors (Lipinski definition) is 4. The second-order valence-electron chi connectivity index (χ2n) is 4.20. The number of aryl methyl sites for hydroxylation is 2. The second-order valence-corrected chi connectivity index (χ2v) is 5.32. The molecular formula is C13H14N2OS. The first-order chi connectivity index (χ1) is 8.28. The van der Waals surface area contributed by atoms with Gasteiger partial charge in [0.2, 0.25) is 0 Å². The lowest BCUT2D eigenvalue weighted by Crippen LogP contribution is -1.91. The number of nitrogens with two attached hydrogens (primary N) is 1. The zero-order valence-corrected chi connectivity index (χ0v) is 10.5. The molecule has 0 amide bonds. The normalized spacial score (nSPS) is 13.7. The van der Waals surface area contributed by atoms with Gasteiger partial charge in [0.1, 0.15) is 5.75 Å². The van der Waals surface area contributed by atoms with Gasteiger partial charge in [0.05, 0.1) is 12.8 Å². The fourth-order valence-electron chi connectivity index (χ4n) is 2.32. The van der Waals surface area contributed by atoms with Crippen molar-refractivity contribution in [1.82, 2.24) is 4.98 Å². The monoisotopic (exact) mass is 246 g/mol. The van der Waals surface area contributed by atoms with Gasteiger partial charge in [-0.2, -0.15) is 0 Å². The molecule has 2 aromatic rings. The van der Waals surface area contributed by atoms with Crippen LogP contribution in [0.15, 0.2) is 18.2 Å². The van der Waals surface area contributed by atoms with Crippen LogP contribution in [0.2, 0.25) is 0 Å². The highest BCUT2D eigenvalue weighted by Crippen LogP contribution is 2.37. The number of methoxy groups -OCH3 is 1. The average molecular weight is 246 g/mol. The molecule has 2 N–H and O–H groups in total. The molecule has 1 heterocycles. The van der Waals surface area contributed by atoms with Crippen LogP contribution >= 0.6 is 11.3 Å². The lowest BCUT2D eigenvalue weighted by Gasteiger charge is -2.07. The van der Waals surface area contributed by atoms with E-state index in [-0.39, 0.29) is 0 Å². The van der Waals surface area contributed by atoms with Gasteiger partial charge >= 0.3 is 0 Å². The smallest absolute Gasteiger partial charge is 0.180 e. The minimum Gasteiger partial charge on any atom is -0.497 e. The number of fused-ring (bicyclic) bond motifs is 3. The Morgan fingerprint density at radius 1 is 1.35 bits per heavy atom. The Labute approximate surface area is 104 Å². The number of ether oxygens (including phenoxy) is 1. The molecule has 0 unspecified atom stereocenters. The van der Waals surface area contributed by atoms with Crippen LogP contribution in [-0.4, -0.2) is 12.1 Å². The SMILES string of the molecule is COc1ccc2c(c1)CCCc1sc(N)nc1-2. The van der Waals surface area contributed by atoms with Crippen LogP contribution in [0.5, 0.6) is 5.75 Å². The van der Waals surface area contributed by atoms with Crippen LogP contribution < -0.4 is 10.5 Å².